The van der Waals surface area contributed by atoms with Gasteiger partial charge in [-0.15, -0.1) is 0 Å². The van der Waals surface area contributed by atoms with Crippen molar-refractivity contribution in [3.05, 3.63) is 23.8 Å². The summed E-state index contributed by atoms with van der Waals surface area (Å²) in [7, 11) is 0. The normalized spacial score (nSPS) is 17.6. The summed E-state index contributed by atoms with van der Waals surface area (Å²) in [4.78, 5) is 27.4. The summed E-state index contributed by atoms with van der Waals surface area (Å²) >= 11 is 0. The van der Waals surface area contributed by atoms with Crippen LogP contribution in [-0.4, -0.2) is 60.9 Å². The number of rotatable bonds is 1. The average Bonchev–Trinajstić information content (AvgIpc) is 2.54. The van der Waals surface area contributed by atoms with Gasteiger partial charge in [-0.3, -0.25) is 9.59 Å². The van der Waals surface area contributed by atoms with Crippen molar-refractivity contribution in [3.63, 3.8) is 0 Å². The number of amides is 2. The lowest BCUT2D eigenvalue weighted by Crippen LogP contribution is -2.50. The van der Waals surface area contributed by atoms with E-state index in [1.54, 1.807) is 11.8 Å². The standard InChI is InChI=1S/C15H20N4O2/c1-11(20)18-6-8-19(9-7-18)15(21)12-2-3-13-14(10-12)17-5-4-16-13/h2-3,10,16-17H,4-9H2,1H3. The lowest BCUT2D eigenvalue weighted by molar-refractivity contribution is -0.130. The van der Waals surface area contributed by atoms with Crippen LogP contribution in [0.1, 0.15) is 17.3 Å². The third kappa shape index (κ3) is 2.79. The highest BCUT2D eigenvalue weighted by atomic mass is 16.2. The zero-order valence-corrected chi connectivity index (χ0v) is 12.2. The average molecular weight is 288 g/mol. The van der Waals surface area contributed by atoms with E-state index >= 15 is 0 Å². The molecule has 0 aromatic heterocycles. The minimum Gasteiger partial charge on any atom is -0.382 e. The van der Waals surface area contributed by atoms with E-state index in [-0.39, 0.29) is 11.8 Å². The second-order valence-corrected chi connectivity index (χ2v) is 5.41. The number of anilines is 2. The lowest BCUT2D eigenvalue weighted by Gasteiger charge is -2.34. The maximum absolute atomic E-state index is 12.5. The van der Waals surface area contributed by atoms with Gasteiger partial charge in [0.05, 0.1) is 11.4 Å². The van der Waals surface area contributed by atoms with Gasteiger partial charge in [0, 0.05) is 51.8 Å². The van der Waals surface area contributed by atoms with Crippen molar-refractivity contribution in [3.8, 4) is 0 Å². The van der Waals surface area contributed by atoms with Crippen LogP contribution in [-0.2, 0) is 4.79 Å². The Hall–Kier alpha value is -2.24. The molecule has 6 heteroatoms. The molecule has 2 amide bonds. The van der Waals surface area contributed by atoms with Gasteiger partial charge in [0.25, 0.3) is 5.91 Å². The number of fused-ring (bicyclic) bond motifs is 1. The van der Waals surface area contributed by atoms with Crippen molar-refractivity contribution in [2.24, 2.45) is 0 Å². The van der Waals surface area contributed by atoms with Gasteiger partial charge in [-0.05, 0) is 18.2 Å². The van der Waals surface area contributed by atoms with Crippen LogP contribution >= 0.6 is 0 Å². The van der Waals surface area contributed by atoms with Gasteiger partial charge >= 0.3 is 0 Å². The van der Waals surface area contributed by atoms with Gasteiger partial charge in [0.1, 0.15) is 0 Å². The first-order valence-corrected chi connectivity index (χ1v) is 7.32. The molecule has 2 N–H and O–H groups in total. The predicted molar refractivity (Wildman–Crippen MR) is 81.6 cm³/mol. The van der Waals surface area contributed by atoms with Gasteiger partial charge in [0.2, 0.25) is 5.91 Å². The lowest BCUT2D eigenvalue weighted by atomic mass is 10.1. The third-order valence-corrected chi connectivity index (χ3v) is 4.03. The van der Waals surface area contributed by atoms with Crippen LogP contribution in [0.5, 0.6) is 0 Å². The van der Waals surface area contributed by atoms with Crippen molar-refractivity contribution >= 4 is 23.2 Å². The van der Waals surface area contributed by atoms with E-state index in [0.29, 0.717) is 31.7 Å². The fourth-order valence-corrected chi connectivity index (χ4v) is 2.78. The molecule has 0 atom stereocenters. The van der Waals surface area contributed by atoms with Crippen molar-refractivity contribution in [1.82, 2.24) is 9.80 Å². The molecule has 0 unspecified atom stereocenters. The second kappa shape index (κ2) is 5.63. The van der Waals surface area contributed by atoms with E-state index in [4.69, 9.17) is 0 Å². The number of piperazine rings is 1. The van der Waals surface area contributed by atoms with Crippen molar-refractivity contribution < 1.29 is 9.59 Å². The number of hydrogen-bond donors (Lipinski definition) is 2. The summed E-state index contributed by atoms with van der Waals surface area (Å²) in [6.45, 7) is 5.76. The Labute approximate surface area is 124 Å². The fourth-order valence-electron chi connectivity index (χ4n) is 2.78. The van der Waals surface area contributed by atoms with Gasteiger partial charge in [-0.1, -0.05) is 0 Å². The molecule has 1 fully saturated rings. The topological polar surface area (TPSA) is 64.7 Å². The first kappa shape index (κ1) is 13.7. The Morgan fingerprint density at radius 3 is 2.24 bits per heavy atom. The zero-order chi connectivity index (χ0) is 14.8. The molecule has 2 aliphatic rings. The summed E-state index contributed by atoms with van der Waals surface area (Å²) in [5.74, 6) is 0.111. The van der Waals surface area contributed by atoms with E-state index < -0.39 is 0 Å². The van der Waals surface area contributed by atoms with Gasteiger partial charge in [-0.2, -0.15) is 0 Å². The molecule has 0 radical (unpaired) electrons. The van der Waals surface area contributed by atoms with Gasteiger partial charge in [-0.25, -0.2) is 0 Å². The highest BCUT2D eigenvalue weighted by molar-refractivity contribution is 5.96. The minimum atomic E-state index is 0.0355. The summed E-state index contributed by atoms with van der Waals surface area (Å²) in [6, 6.07) is 5.71. The molecule has 0 bridgehead atoms. The third-order valence-electron chi connectivity index (χ3n) is 4.03. The molecule has 112 valence electrons. The smallest absolute Gasteiger partial charge is 0.254 e. The fraction of sp³-hybridized carbons (Fsp3) is 0.467. The van der Waals surface area contributed by atoms with E-state index in [0.717, 1.165) is 24.5 Å². The predicted octanol–water partition coefficient (Wildman–Crippen LogP) is 0.828. The summed E-state index contributed by atoms with van der Waals surface area (Å²) < 4.78 is 0. The summed E-state index contributed by atoms with van der Waals surface area (Å²) in [5, 5.41) is 6.59. The zero-order valence-electron chi connectivity index (χ0n) is 12.2. The molecule has 6 nitrogen and oxygen atoms in total. The van der Waals surface area contributed by atoms with E-state index in [1.807, 2.05) is 23.1 Å². The highest BCUT2D eigenvalue weighted by Crippen LogP contribution is 2.26. The van der Waals surface area contributed by atoms with Gasteiger partial charge in [0.15, 0.2) is 0 Å². The summed E-state index contributed by atoms with van der Waals surface area (Å²) in [5.41, 5.74) is 2.72. The van der Waals surface area contributed by atoms with Gasteiger partial charge < -0.3 is 20.4 Å². The van der Waals surface area contributed by atoms with Crippen LogP contribution in [0, 0.1) is 0 Å². The van der Waals surface area contributed by atoms with E-state index in [1.165, 1.54) is 0 Å². The maximum Gasteiger partial charge on any atom is 0.254 e. The Kier molecular flexibility index (Phi) is 3.68. The molecule has 2 aliphatic heterocycles. The number of carbonyl (C=O) groups is 2. The maximum atomic E-state index is 12.5. The van der Waals surface area contributed by atoms with Crippen LogP contribution in [0.15, 0.2) is 18.2 Å². The molecular weight excluding hydrogens is 268 g/mol. The molecule has 1 aromatic carbocycles. The molecule has 0 spiro atoms. The number of benzene rings is 1. The largest absolute Gasteiger partial charge is 0.382 e. The Balaban J connectivity index is 1.70. The van der Waals surface area contributed by atoms with E-state index in [9.17, 15) is 9.59 Å². The van der Waals surface area contributed by atoms with Crippen molar-refractivity contribution in [1.29, 1.82) is 0 Å². The molecule has 3 rings (SSSR count). The Bertz CT molecular complexity index is 565. The molecule has 1 saturated heterocycles. The Morgan fingerprint density at radius 2 is 1.57 bits per heavy atom. The highest BCUT2D eigenvalue weighted by Gasteiger charge is 2.23. The quantitative estimate of drug-likeness (QED) is 0.803. The van der Waals surface area contributed by atoms with Crippen molar-refractivity contribution in [2.45, 2.75) is 6.92 Å². The number of nitrogens with zero attached hydrogens (tertiary/aromatic N) is 2. The summed E-state index contributed by atoms with van der Waals surface area (Å²) in [6.07, 6.45) is 0. The molecule has 1 aromatic rings. The van der Waals surface area contributed by atoms with Crippen LogP contribution in [0.4, 0.5) is 11.4 Å². The minimum absolute atomic E-state index is 0.0355. The number of nitrogens with one attached hydrogen (secondary N) is 2. The number of carbonyl (C=O) groups excluding carboxylic acids is 2. The van der Waals surface area contributed by atoms with Crippen LogP contribution in [0.3, 0.4) is 0 Å². The van der Waals surface area contributed by atoms with Crippen LogP contribution < -0.4 is 10.6 Å². The first-order valence-electron chi connectivity index (χ1n) is 7.32. The molecule has 2 heterocycles. The van der Waals surface area contributed by atoms with Crippen LogP contribution in [0.25, 0.3) is 0 Å². The molecule has 21 heavy (non-hydrogen) atoms. The molecule has 0 saturated carbocycles. The number of hydrogen-bond acceptors (Lipinski definition) is 4. The van der Waals surface area contributed by atoms with Crippen LogP contribution in [0.2, 0.25) is 0 Å². The van der Waals surface area contributed by atoms with E-state index in [2.05, 4.69) is 10.6 Å². The second-order valence-electron chi connectivity index (χ2n) is 5.41. The molecule has 0 aliphatic carbocycles. The Morgan fingerprint density at radius 1 is 0.952 bits per heavy atom. The first-order chi connectivity index (χ1) is 10.1. The SMILES string of the molecule is CC(=O)N1CCN(C(=O)c2ccc3c(c2)NCCN3)CC1. The monoisotopic (exact) mass is 288 g/mol. The van der Waals surface area contributed by atoms with Crippen molar-refractivity contribution in [2.75, 3.05) is 49.9 Å². The molecular formula is C15H20N4O2.